The van der Waals surface area contributed by atoms with Crippen LogP contribution in [0.1, 0.15) is 18.4 Å². The molecule has 1 aromatic heterocycles. The molecule has 6 heteroatoms. The van der Waals surface area contributed by atoms with Crippen LogP contribution < -0.4 is 4.90 Å². The standard InChI is InChI=1S/C14H20N4O2/c1-11-8-15-14(16-9-11)18-6-7-20-12(10-18)13(19)17-4-2-3-5-17/h8-9,12H,2-7,10H2,1H3. The number of nitrogens with zero attached hydrogens (tertiary/aromatic N) is 4. The number of aromatic nitrogens is 2. The number of amides is 1. The molecular formula is C14H20N4O2. The van der Waals surface area contributed by atoms with Crippen LogP contribution in [0.3, 0.4) is 0 Å². The summed E-state index contributed by atoms with van der Waals surface area (Å²) in [5, 5.41) is 0. The van der Waals surface area contributed by atoms with Crippen LogP contribution in [0.4, 0.5) is 5.95 Å². The maximum Gasteiger partial charge on any atom is 0.253 e. The van der Waals surface area contributed by atoms with Crippen molar-refractivity contribution in [2.75, 3.05) is 37.7 Å². The molecule has 1 amide bonds. The van der Waals surface area contributed by atoms with Crippen molar-refractivity contribution in [3.05, 3.63) is 18.0 Å². The third-order valence-corrected chi connectivity index (χ3v) is 3.81. The quantitative estimate of drug-likeness (QED) is 0.792. The van der Waals surface area contributed by atoms with Gasteiger partial charge in [-0.1, -0.05) is 0 Å². The van der Waals surface area contributed by atoms with Crippen molar-refractivity contribution in [3.8, 4) is 0 Å². The largest absolute Gasteiger partial charge is 0.365 e. The second-order valence-electron chi connectivity index (χ2n) is 5.40. The molecule has 0 bridgehead atoms. The van der Waals surface area contributed by atoms with E-state index in [4.69, 9.17) is 4.74 Å². The minimum Gasteiger partial charge on any atom is -0.365 e. The Labute approximate surface area is 118 Å². The molecule has 0 N–H and O–H groups in total. The smallest absolute Gasteiger partial charge is 0.253 e. The van der Waals surface area contributed by atoms with Gasteiger partial charge in [-0.15, -0.1) is 0 Å². The van der Waals surface area contributed by atoms with E-state index < -0.39 is 0 Å². The highest BCUT2D eigenvalue weighted by molar-refractivity contribution is 5.82. The Balaban J connectivity index is 1.66. The van der Waals surface area contributed by atoms with E-state index >= 15 is 0 Å². The summed E-state index contributed by atoms with van der Waals surface area (Å²) in [5.41, 5.74) is 1.03. The molecule has 3 rings (SSSR count). The average molecular weight is 276 g/mol. The van der Waals surface area contributed by atoms with Gasteiger partial charge in [-0.05, 0) is 25.3 Å². The highest BCUT2D eigenvalue weighted by Crippen LogP contribution is 2.16. The summed E-state index contributed by atoms with van der Waals surface area (Å²) in [4.78, 5) is 25.0. The van der Waals surface area contributed by atoms with E-state index in [2.05, 4.69) is 9.97 Å². The van der Waals surface area contributed by atoms with E-state index in [-0.39, 0.29) is 12.0 Å². The maximum atomic E-state index is 12.4. The summed E-state index contributed by atoms with van der Waals surface area (Å²) in [5.74, 6) is 0.789. The van der Waals surface area contributed by atoms with Crippen LogP contribution in [0.15, 0.2) is 12.4 Å². The Hall–Kier alpha value is -1.69. The fraction of sp³-hybridized carbons (Fsp3) is 0.643. The zero-order chi connectivity index (χ0) is 13.9. The summed E-state index contributed by atoms with van der Waals surface area (Å²) in [6, 6.07) is 0. The summed E-state index contributed by atoms with van der Waals surface area (Å²) in [6.45, 7) is 5.50. The van der Waals surface area contributed by atoms with Crippen LogP contribution in [0, 0.1) is 6.92 Å². The van der Waals surface area contributed by atoms with Gasteiger partial charge in [-0.25, -0.2) is 9.97 Å². The fourth-order valence-corrected chi connectivity index (χ4v) is 2.67. The predicted octanol–water partition coefficient (Wildman–Crippen LogP) is 0.613. The van der Waals surface area contributed by atoms with Crippen LogP contribution in [0.2, 0.25) is 0 Å². The summed E-state index contributed by atoms with van der Waals surface area (Å²) >= 11 is 0. The zero-order valence-corrected chi connectivity index (χ0v) is 11.8. The van der Waals surface area contributed by atoms with Crippen LogP contribution in [0.5, 0.6) is 0 Å². The van der Waals surface area contributed by atoms with E-state index in [1.54, 1.807) is 12.4 Å². The number of aryl methyl sites for hydroxylation is 1. The zero-order valence-electron chi connectivity index (χ0n) is 11.8. The second kappa shape index (κ2) is 5.75. The number of hydrogen-bond donors (Lipinski definition) is 0. The molecule has 108 valence electrons. The van der Waals surface area contributed by atoms with Gasteiger partial charge in [-0.2, -0.15) is 0 Å². The number of hydrogen-bond acceptors (Lipinski definition) is 5. The monoisotopic (exact) mass is 276 g/mol. The molecule has 1 atom stereocenters. The third-order valence-electron chi connectivity index (χ3n) is 3.81. The predicted molar refractivity (Wildman–Crippen MR) is 74.5 cm³/mol. The second-order valence-corrected chi connectivity index (χ2v) is 5.40. The Morgan fingerprint density at radius 1 is 1.25 bits per heavy atom. The molecule has 2 saturated heterocycles. The van der Waals surface area contributed by atoms with Crippen molar-refractivity contribution in [2.45, 2.75) is 25.9 Å². The molecule has 0 aliphatic carbocycles. The lowest BCUT2D eigenvalue weighted by molar-refractivity contribution is -0.143. The van der Waals surface area contributed by atoms with Gasteiger partial charge in [0.2, 0.25) is 5.95 Å². The van der Waals surface area contributed by atoms with Crippen LogP contribution in [-0.2, 0) is 9.53 Å². The van der Waals surface area contributed by atoms with Crippen molar-refractivity contribution in [1.29, 1.82) is 0 Å². The molecule has 3 heterocycles. The number of carbonyl (C=O) groups is 1. The minimum atomic E-state index is -0.383. The molecule has 1 unspecified atom stereocenters. The third kappa shape index (κ3) is 2.75. The van der Waals surface area contributed by atoms with Gasteiger partial charge < -0.3 is 14.5 Å². The maximum absolute atomic E-state index is 12.4. The lowest BCUT2D eigenvalue weighted by Gasteiger charge is -2.33. The Bertz CT molecular complexity index is 471. The lowest BCUT2D eigenvalue weighted by atomic mass is 10.2. The average Bonchev–Trinajstić information content (AvgIpc) is 3.01. The van der Waals surface area contributed by atoms with Crippen molar-refractivity contribution in [2.24, 2.45) is 0 Å². The number of morpholine rings is 1. The van der Waals surface area contributed by atoms with E-state index in [1.165, 1.54) is 0 Å². The Kier molecular flexibility index (Phi) is 3.82. The number of likely N-dealkylation sites (tertiary alicyclic amines) is 1. The number of ether oxygens (including phenoxy) is 1. The van der Waals surface area contributed by atoms with Gasteiger partial charge >= 0.3 is 0 Å². The highest BCUT2D eigenvalue weighted by Gasteiger charge is 2.32. The Morgan fingerprint density at radius 2 is 1.95 bits per heavy atom. The lowest BCUT2D eigenvalue weighted by Crippen LogP contribution is -2.51. The molecule has 20 heavy (non-hydrogen) atoms. The Morgan fingerprint density at radius 3 is 2.65 bits per heavy atom. The molecule has 0 spiro atoms. The summed E-state index contributed by atoms with van der Waals surface area (Å²) in [7, 11) is 0. The SMILES string of the molecule is Cc1cnc(N2CCOC(C(=O)N3CCCC3)C2)nc1. The molecule has 6 nitrogen and oxygen atoms in total. The molecule has 0 saturated carbocycles. The van der Waals surface area contributed by atoms with Gasteiger partial charge in [0.15, 0.2) is 6.10 Å². The van der Waals surface area contributed by atoms with Gasteiger partial charge in [0, 0.05) is 32.0 Å². The molecule has 0 aromatic carbocycles. The van der Waals surface area contributed by atoms with Gasteiger partial charge in [0.05, 0.1) is 13.2 Å². The van der Waals surface area contributed by atoms with Gasteiger partial charge in [0.25, 0.3) is 5.91 Å². The first-order valence-corrected chi connectivity index (χ1v) is 7.18. The number of rotatable bonds is 2. The van der Waals surface area contributed by atoms with Crippen molar-refractivity contribution < 1.29 is 9.53 Å². The number of carbonyl (C=O) groups excluding carboxylic acids is 1. The first-order valence-electron chi connectivity index (χ1n) is 7.18. The highest BCUT2D eigenvalue weighted by atomic mass is 16.5. The van der Waals surface area contributed by atoms with E-state index in [1.807, 2.05) is 16.7 Å². The van der Waals surface area contributed by atoms with Crippen molar-refractivity contribution in [3.63, 3.8) is 0 Å². The normalized spacial score (nSPS) is 23.1. The van der Waals surface area contributed by atoms with E-state index in [9.17, 15) is 4.79 Å². The molecule has 1 aromatic rings. The van der Waals surface area contributed by atoms with Crippen LogP contribution in [-0.4, -0.2) is 59.7 Å². The topological polar surface area (TPSA) is 58.6 Å². The number of anilines is 1. The minimum absolute atomic E-state index is 0.110. The van der Waals surface area contributed by atoms with Crippen molar-refractivity contribution in [1.82, 2.24) is 14.9 Å². The van der Waals surface area contributed by atoms with Crippen molar-refractivity contribution >= 4 is 11.9 Å². The van der Waals surface area contributed by atoms with Gasteiger partial charge in [-0.3, -0.25) is 4.79 Å². The summed E-state index contributed by atoms with van der Waals surface area (Å²) < 4.78 is 5.64. The molecule has 2 aliphatic heterocycles. The fourth-order valence-electron chi connectivity index (χ4n) is 2.67. The first kappa shape index (κ1) is 13.3. The molecule has 2 fully saturated rings. The van der Waals surface area contributed by atoms with Crippen LogP contribution in [0.25, 0.3) is 0 Å². The van der Waals surface area contributed by atoms with E-state index in [0.717, 1.165) is 38.0 Å². The van der Waals surface area contributed by atoms with Gasteiger partial charge in [0.1, 0.15) is 0 Å². The molecule has 2 aliphatic rings. The molecular weight excluding hydrogens is 256 g/mol. The molecule has 0 radical (unpaired) electrons. The first-order chi connectivity index (χ1) is 9.74. The van der Waals surface area contributed by atoms with E-state index in [0.29, 0.717) is 19.1 Å². The van der Waals surface area contributed by atoms with Crippen LogP contribution >= 0.6 is 0 Å². The summed E-state index contributed by atoms with van der Waals surface area (Å²) in [6.07, 6.45) is 5.42.